The molecular formula is C21H19BrClN3. The number of aromatic amines is 1. The first kappa shape index (κ1) is 17.5. The molecule has 4 aromatic rings. The Labute approximate surface area is 165 Å². The van der Waals surface area contributed by atoms with Crippen LogP contribution in [0.15, 0.2) is 53.1 Å². The van der Waals surface area contributed by atoms with E-state index >= 15 is 0 Å². The van der Waals surface area contributed by atoms with Gasteiger partial charge in [0.25, 0.3) is 0 Å². The van der Waals surface area contributed by atoms with E-state index in [1.54, 1.807) is 0 Å². The van der Waals surface area contributed by atoms with Crippen molar-refractivity contribution in [1.29, 1.82) is 0 Å². The van der Waals surface area contributed by atoms with Crippen molar-refractivity contribution in [3.63, 3.8) is 0 Å². The van der Waals surface area contributed by atoms with Crippen LogP contribution in [0, 0.1) is 0 Å². The highest BCUT2D eigenvalue weighted by Gasteiger charge is 2.16. The average molecular weight is 429 g/mol. The molecule has 26 heavy (non-hydrogen) atoms. The quantitative estimate of drug-likeness (QED) is 0.378. The summed E-state index contributed by atoms with van der Waals surface area (Å²) in [6.45, 7) is 0.708. The number of nitrogens with zero attached hydrogens (tertiary/aromatic N) is 1. The molecule has 0 amide bonds. The van der Waals surface area contributed by atoms with E-state index in [2.05, 4.69) is 38.0 Å². The lowest BCUT2D eigenvalue weighted by atomic mass is 10.0. The summed E-state index contributed by atoms with van der Waals surface area (Å²) in [6.07, 6.45) is 4.94. The second kappa shape index (κ2) is 7.39. The van der Waals surface area contributed by atoms with E-state index in [1.165, 1.54) is 5.56 Å². The first-order valence-electron chi connectivity index (χ1n) is 8.72. The molecule has 0 aliphatic carbocycles. The van der Waals surface area contributed by atoms with E-state index in [-0.39, 0.29) is 0 Å². The Hall–Kier alpha value is -1.88. The van der Waals surface area contributed by atoms with Gasteiger partial charge in [0.05, 0.1) is 16.7 Å². The topological polar surface area (TPSA) is 54.7 Å². The smallest absolute Gasteiger partial charge is 0.0702 e. The lowest BCUT2D eigenvalue weighted by Crippen LogP contribution is -1.99. The lowest BCUT2D eigenvalue weighted by molar-refractivity contribution is 0.748. The second-order valence-corrected chi connectivity index (χ2v) is 7.74. The van der Waals surface area contributed by atoms with Gasteiger partial charge < -0.3 is 10.7 Å². The van der Waals surface area contributed by atoms with E-state index in [0.717, 1.165) is 61.8 Å². The van der Waals surface area contributed by atoms with E-state index in [0.29, 0.717) is 6.54 Å². The third-order valence-corrected chi connectivity index (χ3v) is 5.54. The first-order chi connectivity index (χ1) is 12.7. The van der Waals surface area contributed by atoms with Crippen LogP contribution in [-0.2, 0) is 6.42 Å². The van der Waals surface area contributed by atoms with Crippen molar-refractivity contribution in [1.82, 2.24) is 9.97 Å². The van der Waals surface area contributed by atoms with Crippen LogP contribution in [0.25, 0.3) is 33.1 Å². The fraction of sp³-hybridized carbons (Fsp3) is 0.190. The van der Waals surface area contributed by atoms with Gasteiger partial charge in [0.2, 0.25) is 0 Å². The standard InChI is InChI=1S/C21H19BrClN3/c22-18-11-15(23)10-17-16(6-3-4-8-24)20(26-21(17)18)14-9-13-5-1-2-7-19(13)25-12-14/h1-2,5,7,9-12,26H,3-4,6,8,24H2. The van der Waals surface area contributed by atoms with Gasteiger partial charge in [0.15, 0.2) is 0 Å². The van der Waals surface area contributed by atoms with Crippen molar-refractivity contribution < 1.29 is 0 Å². The zero-order valence-corrected chi connectivity index (χ0v) is 16.6. The van der Waals surface area contributed by atoms with Gasteiger partial charge in [0, 0.05) is 32.0 Å². The number of fused-ring (bicyclic) bond motifs is 2. The fourth-order valence-corrected chi connectivity index (χ4v) is 4.34. The highest BCUT2D eigenvalue weighted by atomic mass is 79.9. The number of nitrogens with two attached hydrogens (primary N) is 1. The number of H-pyrrole nitrogens is 1. The first-order valence-corrected chi connectivity index (χ1v) is 9.89. The number of halogens is 2. The van der Waals surface area contributed by atoms with Crippen molar-refractivity contribution in [2.45, 2.75) is 19.3 Å². The van der Waals surface area contributed by atoms with Crippen LogP contribution >= 0.6 is 27.5 Å². The Bertz CT molecular complexity index is 1090. The minimum absolute atomic E-state index is 0.708. The molecule has 0 aliphatic rings. The maximum absolute atomic E-state index is 6.31. The summed E-state index contributed by atoms with van der Waals surface area (Å²) in [5.41, 5.74) is 11.2. The Morgan fingerprint density at radius 1 is 1.12 bits per heavy atom. The number of aryl methyl sites for hydroxylation is 1. The SMILES string of the molecule is NCCCCc1c(-c2cnc3ccccc3c2)[nH]c2c(Br)cc(Cl)cc12. The lowest BCUT2D eigenvalue weighted by Gasteiger charge is -2.06. The number of pyridine rings is 1. The molecule has 0 spiro atoms. The Morgan fingerprint density at radius 2 is 1.96 bits per heavy atom. The molecule has 0 aliphatic heterocycles. The molecule has 0 bridgehead atoms. The zero-order chi connectivity index (χ0) is 18.1. The molecule has 0 saturated heterocycles. The van der Waals surface area contributed by atoms with Crippen molar-refractivity contribution >= 4 is 49.3 Å². The van der Waals surface area contributed by atoms with Crippen molar-refractivity contribution in [2.75, 3.05) is 6.54 Å². The largest absolute Gasteiger partial charge is 0.353 e. The van der Waals surface area contributed by atoms with Gasteiger partial charge in [-0.15, -0.1) is 0 Å². The average Bonchev–Trinajstić information content (AvgIpc) is 3.00. The summed E-state index contributed by atoms with van der Waals surface area (Å²) in [5, 5.41) is 3.02. The molecule has 2 aromatic carbocycles. The monoisotopic (exact) mass is 427 g/mol. The third-order valence-electron chi connectivity index (χ3n) is 4.69. The minimum Gasteiger partial charge on any atom is -0.353 e. The summed E-state index contributed by atoms with van der Waals surface area (Å²) in [4.78, 5) is 8.22. The molecule has 3 nitrogen and oxygen atoms in total. The van der Waals surface area contributed by atoms with Gasteiger partial charge >= 0.3 is 0 Å². The molecule has 2 heterocycles. The van der Waals surface area contributed by atoms with Crippen LogP contribution in [-0.4, -0.2) is 16.5 Å². The van der Waals surface area contributed by atoms with Gasteiger partial charge in [-0.05, 0) is 71.6 Å². The van der Waals surface area contributed by atoms with Crippen LogP contribution in [0.3, 0.4) is 0 Å². The Balaban J connectivity index is 1.91. The number of hydrogen-bond donors (Lipinski definition) is 2. The molecule has 0 radical (unpaired) electrons. The van der Waals surface area contributed by atoms with Gasteiger partial charge in [-0.3, -0.25) is 4.98 Å². The molecule has 4 rings (SSSR count). The van der Waals surface area contributed by atoms with Crippen LogP contribution in [0.5, 0.6) is 0 Å². The number of unbranched alkanes of at least 4 members (excludes halogenated alkanes) is 1. The molecular weight excluding hydrogens is 410 g/mol. The fourth-order valence-electron chi connectivity index (χ4n) is 3.43. The molecule has 2 aromatic heterocycles. The molecule has 0 atom stereocenters. The molecule has 3 N–H and O–H groups in total. The predicted octanol–water partition coefficient (Wildman–Crippen LogP) is 6.08. The summed E-state index contributed by atoms with van der Waals surface area (Å²) < 4.78 is 0.972. The minimum atomic E-state index is 0.708. The van der Waals surface area contributed by atoms with Gasteiger partial charge in [-0.25, -0.2) is 0 Å². The maximum Gasteiger partial charge on any atom is 0.0702 e. The highest BCUT2D eigenvalue weighted by Crippen LogP contribution is 2.37. The van der Waals surface area contributed by atoms with Crippen molar-refractivity contribution in [2.24, 2.45) is 5.73 Å². The molecule has 5 heteroatoms. The molecule has 0 fully saturated rings. The number of aromatic nitrogens is 2. The summed E-state index contributed by atoms with van der Waals surface area (Å²) >= 11 is 9.95. The van der Waals surface area contributed by atoms with E-state index in [1.807, 2.05) is 36.5 Å². The second-order valence-electron chi connectivity index (χ2n) is 6.45. The Kier molecular flexibility index (Phi) is 4.98. The van der Waals surface area contributed by atoms with Crippen LogP contribution in [0.1, 0.15) is 18.4 Å². The van der Waals surface area contributed by atoms with E-state index in [9.17, 15) is 0 Å². The summed E-state index contributed by atoms with van der Waals surface area (Å²) in [7, 11) is 0. The molecule has 0 saturated carbocycles. The molecule has 132 valence electrons. The van der Waals surface area contributed by atoms with Crippen LogP contribution in [0.2, 0.25) is 5.02 Å². The maximum atomic E-state index is 6.31. The Morgan fingerprint density at radius 3 is 2.81 bits per heavy atom. The normalized spacial score (nSPS) is 11.5. The summed E-state index contributed by atoms with van der Waals surface area (Å²) in [6, 6.07) is 14.3. The van der Waals surface area contributed by atoms with Crippen molar-refractivity contribution in [3.8, 4) is 11.3 Å². The number of benzene rings is 2. The van der Waals surface area contributed by atoms with Gasteiger partial charge in [-0.2, -0.15) is 0 Å². The van der Waals surface area contributed by atoms with E-state index < -0.39 is 0 Å². The van der Waals surface area contributed by atoms with Gasteiger partial charge in [0.1, 0.15) is 0 Å². The van der Waals surface area contributed by atoms with Crippen LogP contribution < -0.4 is 5.73 Å². The molecule has 0 unspecified atom stereocenters. The van der Waals surface area contributed by atoms with E-state index in [4.69, 9.17) is 17.3 Å². The number of para-hydroxylation sites is 1. The highest BCUT2D eigenvalue weighted by molar-refractivity contribution is 9.10. The van der Waals surface area contributed by atoms with Gasteiger partial charge in [-0.1, -0.05) is 29.8 Å². The van der Waals surface area contributed by atoms with Crippen molar-refractivity contribution in [3.05, 3.63) is 63.7 Å². The zero-order valence-electron chi connectivity index (χ0n) is 14.2. The predicted molar refractivity (Wildman–Crippen MR) is 114 cm³/mol. The number of rotatable bonds is 5. The summed E-state index contributed by atoms with van der Waals surface area (Å²) in [5.74, 6) is 0. The number of nitrogens with one attached hydrogen (secondary N) is 1. The number of hydrogen-bond acceptors (Lipinski definition) is 2. The third kappa shape index (κ3) is 3.25. The van der Waals surface area contributed by atoms with Crippen LogP contribution in [0.4, 0.5) is 0 Å².